The van der Waals surface area contributed by atoms with E-state index >= 15 is 0 Å². The normalized spacial score (nSPS) is 18.9. The lowest BCUT2D eigenvalue weighted by Crippen LogP contribution is -2.27. The molecule has 1 fully saturated rings. The van der Waals surface area contributed by atoms with Crippen molar-refractivity contribution < 1.29 is 27.4 Å². The number of halogens is 3. The summed E-state index contributed by atoms with van der Waals surface area (Å²) in [5.74, 6) is -0.513. The van der Waals surface area contributed by atoms with Crippen LogP contribution in [-0.2, 0) is 15.7 Å². The zero-order valence-electron chi connectivity index (χ0n) is 10.7. The number of methoxy groups -OCH3 is 1. The van der Waals surface area contributed by atoms with E-state index in [1.165, 1.54) is 7.11 Å². The molecule has 1 aliphatic heterocycles. The molecule has 2 rings (SSSR count). The summed E-state index contributed by atoms with van der Waals surface area (Å²) in [6, 6.07) is 0.741. The number of pyridine rings is 1. The number of hydrogen-bond acceptors (Lipinski definition) is 4. The van der Waals surface area contributed by atoms with Gasteiger partial charge in [-0.25, -0.2) is 4.98 Å². The van der Waals surface area contributed by atoms with E-state index in [2.05, 4.69) is 10.3 Å². The average molecular weight is 290 g/mol. The van der Waals surface area contributed by atoms with Crippen LogP contribution in [0.25, 0.3) is 0 Å². The predicted octanol–water partition coefficient (Wildman–Crippen LogP) is 2.23. The quantitative estimate of drug-likeness (QED) is 0.927. The lowest BCUT2D eigenvalue weighted by molar-refractivity contribution is -0.141. The van der Waals surface area contributed by atoms with Crippen LogP contribution in [0.4, 0.5) is 18.9 Å². The van der Waals surface area contributed by atoms with Crippen LogP contribution in [0, 0.1) is 0 Å². The van der Waals surface area contributed by atoms with Crippen LogP contribution in [0.3, 0.4) is 0 Å². The first-order chi connectivity index (χ1) is 9.41. The third-order valence-corrected chi connectivity index (χ3v) is 2.86. The van der Waals surface area contributed by atoms with Crippen molar-refractivity contribution in [2.75, 3.05) is 19.0 Å². The molecule has 2 heterocycles. The summed E-state index contributed by atoms with van der Waals surface area (Å²) in [7, 11) is 1.22. The maximum atomic E-state index is 12.5. The van der Waals surface area contributed by atoms with Crippen molar-refractivity contribution in [2.24, 2.45) is 0 Å². The van der Waals surface area contributed by atoms with E-state index in [1.54, 1.807) is 0 Å². The van der Waals surface area contributed by atoms with E-state index in [-0.39, 0.29) is 11.4 Å². The van der Waals surface area contributed by atoms with Crippen LogP contribution in [0.15, 0.2) is 12.3 Å². The van der Waals surface area contributed by atoms with Crippen molar-refractivity contribution >= 4 is 11.6 Å². The van der Waals surface area contributed by atoms with E-state index in [1.807, 2.05) is 0 Å². The highest BCUT2D eigenvalue weighted by Gasteiger charge is 2.33. The molecule has 0 unspecified atom stereocenters. The standard InChI is InChI=1S/C12H13F3N2O3/c1-19-9-5-10(12(13,14)15)16-6-7(9)17-11(18)8-3-2-4-20-8/h5-6,8H,2-4H2,1H3,(H,17,18)/t8-/m1/s1. The number of amides is 1. The van der Waals surface area contributed by atoms with Crippen molar-refractivity contribution in [3.05, 3.63) is 18.0 Å². The Hall–Kier alpha value is -1.83. The highest BCUT2D eigenvalue weighted by Crippen LogP contribution is 2.33. The van der Waals surface area contributed by atoms with E-state index in [9.17, 15) is 18.0 Å². The first-order valence-electron chi connectivity index (χ1n) is 5.95. The average Bonchev–Trinajstić information content (AvgIpc) is 2.91. The summed E-state index contributed by atoms with van der Waals surface area (Å²) in [5.41, 5.74) is -0.995. The molecule has 0 radical (unpaired) electrons. The molecule has 1 saturated heterocycles. The molecule has 20 heavy (non-hydrogen) atoms. The number of nitrogens with zero attached hydrogens (tertiary/aromatic N) is 1. The van der Waals surface area contributed by atoms with Crippen LogP contribution in [-0.4, -0.2) is 30.7 Å². The summed E-state index contributed by atoms with van der Waals surface area (Å²) in [5, 5.41) is 2.46. The molecular formula is C12H13F3N2O3. The zero-order valence-corrected chi connectivity index (χ0v) is 10.7. The van der Waals surface area contributed by atoms with Gasteiger partial charge in [-0.15, -0.1) is 0 Å². The Morgan fingerprint density at radius 1 is 1.55 bits per heavy atom. The fourth-order valence-corrected chi connectivity index (χ4v) is 1.85. The van der Waals surface area contributed by atoms with Gasteiger partial charge in [-0.2, -0.15) is 13.2 Å². The highest BCUT2D eigenvalue weighted by atomic mass is 19.4. The van der Waals surface area contributed by atoms with Gasteiger partial charge in [-0.3, -0.25) is 4.79 Å². The van der Waals surface area contributed by atoms with Crippen molar-refractivity contribution in [3.8, 4) is 5.75 Å². The molecule has 0 aromatic carbocycles. The highest BCUT2D eigenvalue weighted by molar-refractivity contribution is 5.95. The van der Waals surface area contributed by atoms with Crippen LogP contribution in [0.5, 0.6) is 5.75 Å². The van der Waals surface area contributed by atoms with E-state index < -0.39 is 23.9 Å². The molecule has 5 nitrogen and oxygen atoms in total. The number of anilines is 1. The summed E-state index contributed by atoms with van der Waals surface area (Å²) >= 11 is 0. The van der Waals surface area contributed by atoms with Gasteiger partial charge < -0.3 is 14.8 Å². The Morgan fingerprint density at radius 3 is 2.85 bits per heavy atom. The van der Waals surface area contributed by atoms with Crippen molar-refractivity contribution in [1.82, 2.24) is 4.98 Å². The number of carbonyl (C=O) groups is 1. The number of aromatic nitrogens is 1. The summed E-state index contributed by atoms with van der Waals surface area (Å²) in [4.78, 5) is 15.1. The molecule has 0 spiro atoms. The van der Waals surface area contributed by atoms with Crippen molar-refractivity contribution in [3.63, 3.8) is 0 Å². The monoisotopic (exact) mass is 290 g/mol. The van der Waals surface area contributed by atoms with Gasteiger partial charge in [-0.05, 0) is 12.8 Å². The Balaban J connectivity index is 2.17. The Morgan fingerprint density at radius 2 is 2.30 bits per heavy atom. The first kappa shape index (κ1) is 14.6. The maximum absolute atomic E-state index is 12.5. The molecule has 0 saturated carbocycles. The number of nitrogens with one attached hydrogen (secondary N) is 1. The van der Waals surface area contributed by atoms with Gasteiger partial charge in [0.1, 0.15) is 23.2 Å². The third kappa shape index (κ3) is 3.19. The number of carbonyl (C=O) groups excluding carboxylic acids is 1. The molecule has 0 aliphatic carbocycles. The van der Waals surface area contributed by atoms with Crippen LogP contribution >= 0.6 is 0 Å². The van der Waals surface area contributed by atoms with Gasteiger partial charge in [0.2, 0.25) is 0 Å². The largest absolute Gasteiger partial charge is 0.494 e. The molecule has 1 aliphatic rings. The molecule has 1 N–H and O–H groups in total. The minimum Gasteiger partial charge on any atom is -0.494 e. The van der Waals surface area contributed by atoms with Gasteiger partial charge in [-0.1, -0.05) is 0 Å². The molecule has 1 aromatic rings. The predicted molar refractivity (Wildman–Crippen MR) is 63.4 cm³/mol. The first-order valence-corrected chi connectivity index (χ1v) is 5.95. The molecule has 1 atom stereocenters. The second-order valence-corrected chi connectivity index (χ2v) is 4.26. The summed E-state index contributed by atoms with van der Waals surface area (Å²) in [6.45, 7) is 0.500. The van der Waals surface area contributed by atoms with E-state index in [0.717, 1.165) is 18.7 Å². The third-order valence-electron chi connectivity index (χ3n) is 2.86. The molecule has 1 amide bonds. The van der Waals surface area contributed by atoms with Gasteiger partial charge in [0.05, 0.1) is 13.3 Å². The van der Waals surface area contributed by atoms with Gasteiger partial charge in [0.15, 0.2) is 0 Å². The van der Waals surface area contributed by atoms with Gasteiger partial charge >= 0.3 is 6.18 Å². The number of ether oxygens (including phenoxy) is 2. The fraction of sp³-hybridized carbons (Fsp3) is 0.500. The minimum atomic E-state index is -4.57. The topological polar surface area (TPSA) is 60.5 Å². The Labute approximate surface area is 113 Å². The second kappa shape index (κ2) is 5.66. The van der Waals surface area contributed by atoms with Crippen LogP contribution in [0.2, 0.25) is 0 Å². The molecule has 110 valence electrons. The van der Waals surface area contributed by atoms with Gasteiger partial charge in [0, 0.05) is 12.7 Å². The molecule has 8 heteroatoms. The lowest BCUT2D eigenvalue weighted by Gasteiger charge is -2.14. The zero-order chi connectivity index (χ0) is 14.8. The SMILES string of the molecule is COc1cc(C(F)(F)F)ncc1NC(=O)[C@H]1CCCO1. The number of rotatable bonds is 3. The van der Waals surface area contributed by atoms with Crippen LogP contribution < -0.4 is 10.1 Å². The smallest absolute Gasteiger partial charge is 0.433 e. The van der Waals surface area contributed by atoms with Crippen molar-refractivity contribution in [2.45, 2.75) is 25.1 Å². The minimum absolute atomic E-state index is 0.0843. The number of alkyl halides is 3. The summed E-state index contributed by atoms with van der Waals surface area (Å²) < 4.78 is 47.6. The molecule has 1 aromatic heterocycles. The van der Waals surface area contributed by atoms with Crippen molar-refractivity contribution in [1.29, 1.82) is 0 Å². The van der Waals surface area contributed by atoms with Crippen LogP contribution in [0.1, 0.15) is 18.5 Å². The maximum Gasteiger partial charge on any atom is 0.433 e. The van der Waals surface area contributed by atoms with Gasteiger partial charge in [0.25, 0.3) is 5.91 Å². The Bertz CT molecular complexity index is 499. The Kier molecular flexibility index (Phi) is 4.12. The van der Waals surface area contributed by atoms with E-state index in [4.69, 9.17) is 9.47 Å². The summed E-state index contributed by atoms with van der Waals surface area (Å²) in [6.07, 6.45) is -2.86. The lowest BCUT2D eigenvalue weighted by atomic mass is 10.2. The molecule has 0 bridgehead atoms. The second-order valence-electron chi connectivity index (χ2n) is 4.26. The number of hydrogen-bond donors (Lipinski definition) is 1. The van der Waals surface area contributed by atoms with E-state index in [0.29, 0.717) is 13.0 Å². The fourth-order valence-electron chi connectivity index (χ4n) is 1.85. The molecular weight excluding hydrogens is 277 g/mol.